The van der Waals surface area contributed by atoms with Crippen molar-refractivity contribution in [3.8, 4) is 5.69 Å². The Morgan fingerprint density at radius 3 is 2.73 bits per heavy atom. The number of aromatic nitrogens is 2. The number of aliphatic hydroxyl groups is 1. The van der Waals surface area contributed by atoms with Gasteiger partial charge in [0.15, 0.2) is 0 Å². The second-order valence-electron chi connectivity index (χ2n) is 5.96. The van der Waals surface area contributed by atoms with Crippen molar-refractivity contribution in [2.75, 3.05) is 18.1 Å². The van der Waals surface area contributed by atoms with Crippen molar-refractivity contribution in [2.45, 2.75) is 31.9 Å². The lowest BCUT2D eigenvalue weighted by atomic mass is 9.97. The summed E-state index contributed by atoms with van der Waals surface area (Å²) in [4.78, 5) is 0. The van der Waals surface area contributed by atoms with Crippen LogP contribution in [0.15, 0.2) is 36.5 Å². The molecule has 1 aromatic carbocycles. The second kappa shape index (κ2) is 6.86. The average molecular weight is 317 g/mol. The monoisotopic (exact) mass is 317 g/mol. The minimum Gasteiger partial charge on any atom is -0.389 e. The first-order valence-electron chi connectivity index (χ1n) is 7.78. The molecule has 1 fully saturated rings. The quantitative estimate of drug-likeness (QED) is 0.890. The molecular formula is C17H23N3OS. The smallest absolute Gasteiger partial charge is 0.0787 e. The van der Waals surface area contributed by atoms with E-state index in [-0.39, 0.29) is 0 Å². The van der Waals surface area contributed by atoms with Crippen LogP contribution >= 0.6 is 11.8 Å². The third kappa shape index (κ3) is 3.72. The van der Waals surface area contributed by atoms with Gasteiger partial charge in [-0.05, 0) is 43.4 Å². The fourth-order valence-corrected chi connectivity index (χ4v) is 3.99. The number of benzene rings is 1. The van der Waals surface area contributed by atoms with Crippen LogP contribution in [0.25, 0.3) is 5.69 Å². The molecule has 0 amide bonds. The molecule has 118 valence electrons. The summed E-state index contributed by atoms with van der Waals surface area (Å²) in [7, 11) is 0. The number of rotatable bonds is 5. The molecular weight excluding hydrogens is 294 g/mol. The molecule has 0 bridgehead atoms. The highest BCUT2D eigenvalue weighted by Gasteiger charge is 2.28. The van der Waals surface area contributed by atoms with Crippen LogP contribution in [0.1, 0.15) is 24.1 Å². The Kier molecular flexibility index (Phi) is 4.86. The minimum atomic E-state index is -0.533. The Morgan fingerprint density at radius 1 is 1.27 bits per heavy atom. The first kappa shape index (κ1) is 15.6. The van der Waals surface area contributed by atoms with E-state index < -0.39 is 5.60 Å². The van der Waals surface area contributed by atoms with Crippen LogP contribution in [0, 0.1) is 6.92 Å². The van der Waals surface area contributed by atoms with E-state index in [2.05, 4.69) is 16.6 Å². The molecule has 2 N–H and O–H groups in total. The van der Waals surface area contributed by atoms with E-state index >= 15 is 0 Å². The van der Waals surface area contributed by atoms with Gasteiger partial charge in [-0.25, -0.2) is 4.68 Å². The standard InChI is InChI=1S/C17H23N3OS/c1-14-15(11-18-13-17(21)7-9-22-10-8-17)12-20(19-14)16-5-3-2-4-6-16/h2-6,12,18,21H,7-11,13H2,1H3. The van der Waals surface area contributed by atoms with E-state index in [1.165, 1.54) is 5.56 Å². The fraction of sp³-hybridized carbons (Fsp3) is 0.471. The van der Waals surface area contributed by atoms with Gasteiger partial charge in [-0.2, -0.15) is 16.9 Å². The van der Waals surface area contributed by atoms with Crippen molar-refractivity contribution in [3.05, 3.63) is 47.8 Å². The summed E-state index contributed by atoms with van der Waals surface area (Å²) in [5.74, 6) is 2.12. The van der Waals surface area contributed by atoms with Crippen LogP contribution in [0.5, 0.6) is 0 Å². The summed E-state index contributed by atoms with van der Waals surface area (Å²) in [6.45, 7) is 3.43. The molecule has 0 spiro atoms. The van der Waals surface area contributed by atoms with Gasteiger partial charge in [0.25, 0.3) is 0 Å². The maximum Gasteiger partial charge on any atom is 0.0787 e. The van der Waals surface area contributed by atoms with Crippen LogP contribution in [0.2, 0.25) is 0 Å². The first-order valence-corrected chi connectivity index (χ1v) is 8.93. The first-order chi connectivity index (χ1) is 10.7. The Hall–Kier alpha value is -1.30. The number of aryl methyl sites for hydroxylation is 1. The summed E-state index contributed by atoms with van der Waals surface area (Å²) >= 11 is 1.93. The van der Waals surface area contributed by atoms with E-state index in [0.29, 0.717) is 6.54 Å². The molecule has 22 heavy (non-hydrogen) atoms. The summed E-state index contributed by atoms with van der Waals surface area (Å²) < 4.78 is 1.91. The molecule has 1 aliphatic heterocycles. The number of nitrogens with one attached hydrogen (secondary N) is 1. The Labute approximate surface area is 135 Å². The molecule has 1 aliphatic rings. The molecule has 4 nitrogen and oxygen atoms in total. The van der Waals surface area contributed by atoms with E-state index in [9.17, 15) is 5.11 Å². The van der Waals surface area contributed by atoms with Crippen molar-refractivity contribution in [2.24, 2.45) is 0 Å². The number of hydrogen-bond acceptors (Lipinski definition) is 4. The third-order valence-electron chi connectivity index (χ3n) is 4.21. The lowest BCUT2D eigenvalue weighted by Crippen LogP contribution is -2.43. The van der Waals surface area contributed by atoms with E-state index in [4.69, 9.17) is 0 Å². The topological polar surface area (TPSA) is 50.1 Å². The average Bonchev–Trinajstić information content (AvgIpc) is 2.90. The molecule has 2 aromatic rings. The lowest BCUT2D eigenvalue weighted by molar-refractivity contribution is 0.0320. The van der Waals surface area contributed by atoms with Gasteiger partial charge in [0.05, 0.1) is 17.0 Å². The van der Waals surface area contributed by atoms with Crippen molar-refractivity contribution < 1.29 is 5.11 Å². The second-order valence-corrected chi connectivity index (χ2v) is 7.18. The lowest BCUT2D eigenvalue weighted by Gasteiger charge is -2.31. The van der Waals surface area contributed by atoms with Gasteiger partial charge in [0.1, 0.15) is 0 Å². The molecule has 0 saturated carbocycles. The van der Waals surface area contributed by atoms with Gasteiger partial charge in [0, 0.05) is 24.8 Å². The van der Waals surface area contributed by atoms with Gasteiger partial charge < -0.3 is 10.4 Å². The van der Waals surface area contributed by atoms with Crippen LogP contribution in [0.4, 0.5) is 0 Å². The van der Waals surface area contributed by atoms with Crippen LogP contribution in [-0.4, -0.2) is 38.5 Å². The highest BCUT2D eigenvalue weighted by atomic mass is 32.2. The highest BCUT2D eigenvalue weighted by molar-refractivity contribution is 7.99. The summed E-state index contributed by atoms with van der Waals surface area (Å²) in [5, 5.41) is 18.5. The van der Waals surface area contributed by atoms with Crippen molar-refractivity contribution in [1.82, 2.24) is 15.1 Å². The molecule has 0 unspecified atom stereocenters. The van der Waals surface area contributed by atoms with Crippen LogP contribution < -0.4 is 5.32 Å². The van der Waals surface area contributed by atoms with Gasteiger partial charge in [-0.15, -0.1) is 0 Å². The largest absolute Gasteiger partial charge is 0.389 e. The zero-order chi connectivity index (χ0) is 15.4. The number of hydrogen-bond donors (Lipinski definition) is 2. The third-order valence-corrected chi connectivity index (χ3v) is 5.20. The van der Waals surface area contributed by atoms with E-state index in [1.54, 1.807) is 0 Å². The Bertz CT molecular complexity index is 606. The molecule has 5 heteroatoms. The predicted octanol–water partition coefficient (Wildman–Crippen LogP) is 2.53. The van der Waals surface area contributed by atoms with Gasteiger partial charge >= 0.3 is 0 Å². The minimum absolute atomic E-state index is 0.533. The van der Waals surface area contributed by atoms with Gasteiger partial charge in [-0.1, -0.05) is 18.2 Å². The number of thioether (sulfide) groups is 1. The molecule has 1 aromatic heterocycles. The van der Waals surface area contributed by atoms with E-state index in [0.717, 1.165) is 42.3 Å². The summed E-state index contributed by atoms with van der Waals surface area (Å²) in [6.07, 6.45) is 3.83. The predicted molar refractivity (Wildman–Crippen MR) is 91.5 cm³/mol. The zero-order valence-corrected chi connectivity index (χ0v) is 13.8. The fourth-order valence-electron chi connectivity index (χ4n) is 2.74. The Morgan fingerprint density at radius 2 is 2.00 bits per heavy atom. The summed E-state index contributed by atoms with van der Waals surface area (Å²) in [6, 6.07) is 10.1. The van der Waals surface area contributed by atoms with Crippen molar-refractivity contribution >= 4 is 11.8 Å². The molecule has 1 saturated heterocycles. The molecule has 0 radical (unpaired) electrons. The molecule has 0 atom stereocenters. The number of para-hydroxylation sites is 1. The van der Waals surface area contributed by atoms with Crippen LogP contribution in [0.3, 0.4) is 0 Å². The van der Waals surface area contributed by atoms with Crippen LogP contribution in [-0.2, 0) is 6.54 Å². The summed E-state index contributed by atoms with van der Waals surface area (Å²) in [5.41, 5.74) is 2.74. The normalized spacial score (nSPS) is 17.5. The zero-order valence-electron chi connectivity index (χ0n) is 13.0. The Balaban J connectivity index is 1.60. The van der Waals surface area contributed by atoms with Crippen molar-refractivity contribution in [1.29, 1.82) is 0 Å². The van der Waals surface area contributed by atoms with Gasteiger partial charge in [0.2, 0.25) is 0 Å². The van der Waals surface area contributed by atoms with Gasteiger partial charge in [-0.3, -0.25) is 0 Å². The molecule has 0 aliphatic carbocycles. The van der Waals surface area contributed by atoms with Crippen molar-refractivity contribution in [3.63, 3.8) is 0 Å². The molecule has 3 rings (SSSR count). The van der Waals surface area contributed by atoms with E-state index in [1.807, 2.05) is 53.7 Å². The highest BCUT2D eigenvalue weighted by Crippen LogP contribution is 2.26. The molecule has 2 heterocycles. The number of nitrogens with zero attached hydrogens (tertiary/aromatic N) is 2. The maximum absolute atomic E-state index is 10.5. The maximum atomic E-state index is 10.5. The SMILES string of the molecule is Cc1nn(-c2ccccc2)cc1CNCC1(O)CCSCC1.